The molecule has 2 N–H and O–H groups in total. The summed E-state index contributed by atoms with van der Waals surface area (Å²) < 4.78 is 23.9. The Kier molecular flexibility index (Phi) is 7.02. The van der Waals surface area contributed by atoms with Crippen LogP contribution in [0, 0.1) is 5.82 Å². The Morgan fingerprint density at radius 1 is 1.24 bits per heavy atom. The van der Waals surface area contributed by atoms with Gasteiger partial charge in [0.05, 0.1) is 13.1 Å². The molecule has 0 aliphatic carbocycles. The molecule has 2 aromatic carbocycles. The topological polar surface area (TPSA) is 84.6 Å². The lowest BCUT2D eigenvalue weighted by molar-refractivity contribution is 0.223. The van der Waals surface area contributed by atoms with Gasteiger partial charge >= 0.3 is 0 Å². The van der Waals surface area contributed by atoms with Crippen LogP contribution in [0.4, 0.5) is 4.39 Å². The first-order valence-electron chi connectivity index (χ1n) is 8.99. The fourth-order valence-electron chi connectivity index (χ4n) is 2.48. The van der Waals surface area contributed by atoms with E-state index in [9.17, 15) is 4.39 Å². The Balaban J connectivity index is 1.47. The highest BCUT2D eigenvalue weighted by atomic mass is 35.5. The van der Waals surface area contributed by atoms with Crippen LogP contribution < -0.4 is 15.4 Å². The Hall–Kier alpha value is -3.13. The van der Waals surface area contributed by atoms with Crippen LogP contribution >= 0.6 is 11.6 Å². The second-order valence-electron chi connectivity index (χ2n) is 6.21. The maximum atomic E-state index is 12.9. The fraction of sp³-hybridized carbons (Fsp3) is 0.250. The molecule has 3 aromatic rings. The third kappa shape index (κ3) is 6.18. The van der Waals surface area contributed by atoms with Gasteiger partial charge in [0.1, 0.15) is 17.7 Å². The third-order valence-electron chi connectivity index (χ3n) is 3.89. The van der Waals surface area contributed by atoms with Gasteiger partial charge in [0.15, 0.2) is 5.96 Å². The van der Waals surface area contributed by atoms with E-state index in [-0.39, 0.29) is 11.9 Å². The predicted molar refractivity (Wildman–Crippen MR) is 109 cm³/mol. The van der Waals surface area contributed by atoms with Gasteiger partial charge in [0.25, 0.3) is 0 Å². The summed E-state index contributed by atoms with van der Waals surface area (Å²) in [6.07, 6.45) is -0.156. The molecular weight excluding hydrogens is 397 g/mol. The molecule has 1 atom stereocenters. The minimum Gasteiger partial charge on any atom is -0.489 e. The number of rotatable bonds is 7. The molecule has 0 saturated heterocycles. The summed E-state index contributed by atoms with van der Waals surface area (Å²) in [6.45, 7) is 2.70. The van der Waals surface area contributed by atoms with Crippen molar-refractivity contribution in [3.63, 3.8) is 0 Å². The number of aliphatic imine (C=N–C) groups is 1. The van der Waals surface area contributed by atoms with Crippen molar-refractivity contribution < 1.29 is 13.7 Å². The number of hydrogen-bond donors (Lipinski definition) is 2. The van der Waals surface area contributed by atoms with Crippen LogP contribution in [-0.4, -0.2) is 35.8 Å². The van der Waals surface area contributed by atoms with Crippen LogP contribution in [0.15, 0.2) is 58.0 Å². The number of ether oxygens (including phenoxy) is 1. The summed E-state index contributed by atoms with van der Waals surface area (Å²) in [5.41, 5.74) is 0.779. The minimum absolute atomic E-state index is 0.156. The lowest BCUT2D eigenvalue weighted by Gasteiger charge is -2.17. The zero-order valence-corrected chi connectivity index (χ0v) is 16.8. The van der Waals surface area contributed by atoms with E-state index >= 15 is 0 Å². The molecule has 0 radical (unpaired) electrons. The van der Waals surface area contributed by atoms with Crippen molar-refractivity contribution in [2.24, 2.45) is 4.99 Å². The molecule has 0 bridgehead atoms. The van der Waals surface area contributed by atoms with Crippen LogP contribution in [0.1, 0.15) is 12.8 Å². The molecule has 0 fully saturated rings. The Morgan fingerprint density at radius 3 is 2.76 bits per heavy atom. The van der Waals surface area contributed by atoms with E-state index in [1.54, 1.807) is 31.3 Å². The molecular formula is C20H21ClFN5O2. The molecule has 1 aromatic heterocycles. The van der Waals surface area contributed by atoms with Gasteiger partial charge in [-0.2, -0.15) is 4.98 Å². The summed E-state index contributed by atoms with van der Waals surface area (Å²) in [5.74, 6) is 1.74. The van der Waals surface area contributed by atoms with E-state index in [1.807, 2.05) is 19.1 Å². The second-order valence-corrected chi connectivity index (χ2v) is 6.65. The van der Waals surface area contributed by atoms with Crippen molar-refractivity contribution in [3.05, 3.63) is 65.3 Å². The monoisotopic (exact) mass is 417 g/mol. The minimum atomic E-state index is -0.299. The maximum absolute atomic E-state index is 12.9. The van der Waals surface area contributed by atoms with E-state index in [1.165, 1.54) is 12.1 Å². The van der Waals surface area contributed by atoms with E-state index in [0.717, 1.165) is 5.56 Å². The van der Waals surface area contributed by atoms with Crippen LogP contribution in [0.2, 0.25) is 5.02 Å². The third-order valence-corrected chi connectivity index (χ3v) is 4.12. The number of benzene rings is 2. The first-order chi connectivity index (χ1) is 14.0. The van der Waals surface area contributed by atoms with Crippen LogP contribution in [0.3, 0.4) is 0 Å². The van der Waals surface area contributed by atoms with Crippen molar-refractivity contribution in [3.8, 4) is 17.1 Å². The van der Waals surface area contributed by atoms with Crippen molar-refractivity contribution in [1.29, 1.82) is 0 Å². The molecule has 0 saturated carbocycles. The van der Waals surface area contributed by atoms with Crippen molar-refractivity contribution in [2.45, 2.75) is 19.6 Å². The zero-order valence-electron chi connectivity index (χ0n) is 16.0. The summed E-state index contributed by atoms with van der Waals surface area (Å²) in [4.78, 5) is 8.50. The van der Waals surface area contributed by atoms with Gasteiger partial charge in [-0.05, 0) is 43.3 Å². The van der Waals surface area contributed by atoms with Gasteiger partial charge in [0.2, 0.25) is 11.7 Å². The van der Waals surface area contributed by atoms with Crippen molar-refractivity contribution in [1.82, 2.24) is 20.8 Å². The number of halogens is 2. The molecule has 3 rings (SSSR count). The average Bonchev–Trinajstić information content (AvgIpc) is 3.19. The lowest BCUT2D eigenvalue weighted by Crippen LogP contribution is -2.41. The van der Waals surface area contributed by atoms with Gasteiger partial charge in [0, 0.05) is 17.6 Å². The van der Waals surface area contributed by atoms with E-state index in [4.69, 9.17) is 20.9 Å². The van der Waals surface area contributed by atoms with Gasteiger partial charge in [-0.25, -0.2) is 4.39 Å². The van der Waals surface area contributed by atoms with Crippen LogP contribution in [0.25, 0.3) is 11.4 Å². The van der Waals surface area contributed by atoms with Crippen molar-refractivity contribution >= 4 is 17.6 Å². The number of nitrogens with one attached hydrogen (secondary N) is 2. The quantitative estimate of drug-likeness (QED) is 0.451. The Labute approximate surface area is 172 Å². The molecule has 1 heterocycles. The summed E-state index contributed by atoms with van der Waals surface area (Å²) in [6, 6.07) is 13.1. The van der Waals surface area contributed by atoms with Crippen molar-refractivity contribution in [2.75, 3.05) is 13.6 Å². The second kappa shape index (κ2) is 9.88. The van der Waals surface area contributed by atoms with Crippen LogP contribution in [-0.2, 0) is 6.54 Å². The zero-order chi connectivity index (χ0) is 20.6. The van der Waals surface area contributed by atoms with Gasteiger partial charge in [-0.15, -0.1) is 0 Å². The number of hydrogen-bond acceptors (Lipinski definition) is 5. The summed E-state index contributed by atoms with van der Waals surface area (Å²) >= 11 is 5.99. The lowest BCUT2D eigenvalue weighted by atomic mass is 10.2. The Bertz CT molecular complexity index is 962. The first kappa shape index (κ1) is 20.6. The number of nitrogens with zero attached hydrogens (tertiary/aromatic N) is 3. The van der Waals surface area contributed by atoms with E-state index < -0.39 is 0 Å². The normalized spacial score (nSPS) is 12.5. The predicted octanol–water partition coefficient (Wildman–Crippen LogP) is 3.66. The molecule has 0 aliphatic heterocycles. The first-order valence-corrected chi connectivity index (χ1v) is 9.36. The molecule has 1 unspecified atom stereocenters. The van der Waals surface area contributed by atoms with E-state index in [2.05, 4.69) is 25.8 Å². The molecule has 0 spiro atoms. The standard InChI is InChI=1S/C20H21ClFN5O2/c1-13(28-17-8-6-16(22)7-9-17)11-24-20(23-2)25-12-18-26-19(27-29-18)14-4-3-5-15(21)10-14/h3-10,13H,11-12H2,1-2H3,(H2,23,24,25). The molecule has 152 valence electrons. The average molecular weight is 418 g/mol. The van der Waals surface area contributed by atoms with E-state index in [0.29, 0.717) is 41.5 Å². The maximum Gasteiger partial charge on any atom is 0.246 e. The van der Waals surface area contributed by atoms with Gasteiger partial charge in [-0.1, -0.05) is 28.9 Å². The highest BCUT2D eigenvalue weighted by Gasteiger charge is 2.10. The molecule has 0 amide bonds. The SMILES string of the molecule is CN=C(NCc1nc(-c2cccc(Cl)c2)no1)NCC(C)Oc1ccc(F)cc1. The largest absolute Gasteiger partial charge is 0.489 e. The summed E-state index contributed by atoms with van der Waals surface area (Å²) in [5, 5.41) is 10.8. The highest BCUT2D eigenvalue weighted by Crippen LogP contribution is 2.19. The van der Waals surface area contributed by atoms with Gasteiger partial charge < -0.3 is 19.9 Å². The molecule has 7 nitrogen and oxygen atoms in total. The van der Waals surface area contributed by atoms with Gasteiger partial charge in [-0.3, -0.25) is 4.99 Å². The summed E-state index contributed by atoms with van der Waals surface area (Å²) in [7, 11) is 1.66. The highest BCUT2D eigenvalue weighted by molar-refractivity contribution is 6.30. The molecule has 9 heteroatoms. The molecule has 0 aliphatic rings. The Morgan fingerprint density at radius 2 is 2.03 bits per heavy atom. The number of aromatic nitrogens is 2. The smallest absolute Gasteiger partial charge is 0.246 e. The molecule has 29 heavy (non-hydrogen) atoms. The van der Waals surface area contributed by atoms with Crippen LogP contribution in [0.5, 0.6) is 5.75 Å². The number of guanidine groups is 1. The fourth-order valence-corrected chi connectivity index (χ4v) is 2.67.